The third-order valence-corrected chi connectivity index (χ3v) is 14.5. The summed E-state index contributed by atoms with van der Waals surface area (Å²) in [6.07, 6.45) is 0. The number of nitrogens with zero attached hydrogens (tertiary/aromatic N) is 4. The lowest BCUT2D eigenvalue weighted by Crippen LogP contribution is -2.02. The van der Waals surface area contributed by atoms with Gasteiger partial charge < -0.3 is 4.57 Å². The van der Waals surface area contributed by atoms with Crippen molar-refractivity contribution >= 4 is 54.1 Å². The second kappa shape index (κ2) is 17.6. The van der Waals surface area contributed by atoms with Gasteiger partial charge in [-0.05, 0) is 84.3 Å². The van der Waals surface area contributed by atoms with E-state index in [1.54, 1.807) is 0 Å². The maximum absolute atomic E-state index is 5.46. The van der Waals surface area contributed by atoms with Gasteiger partial charge in [0, 0.05) is 38.2 Å². The summed E-state index contributed by atoms with van der Waals surface area (Å²) in [5.74, 6) is 1.83. The third kappa shape index (κ3) is 7.35. The first-order chi connectivity index (χ1) is 36.2. The summed E-state index contributed by atoms with van der Waals surface area (Å²) in [6, 6.07) is 95.5. The Morgan fingerprint density at radius 3 is 1.03 bits per heavy atom. The van der Waals surface area contributed by atoms with Crippen LogP contribution in [0.25, 0.3) is 138 Å². The zero-order chi connectivity index (χ0) is 48.2. The van der Waals surface area contributed by atoms with Crippen LogP contribution in [0, 0.1) is 0 Å². The van der Waals surface area contributed by atoms with Gasteiger partial charge in [-0.1, -0.05) is 249 Å². The summed E-state index contributed by atoms with van der Waals surface area (Å²) in [4.78, 5) is 16.2. The Labute approximate surface area is 422 Å². The molecule has 14 rings (SSSR count). The highest BCUT2D eigenvalue weighted by molar-refractivity contribution is 6.30. The number of hydrogen-bond acceptors (Lipinski definition) is 3. The summed E-state index contributed by atoms with van der Waals surface area (Å²) < 4.78 is 2.50. The number of fused-ring (bicyclic) bond motifs is 9. The average Bonchev–Trinajstić information content (AvgIpc) is 3.80. The maximum atomic E-state index is 5.46. The molecule has 0 saturated carbocycles. The molecule has 0 aliphatic carbocycles. The van der Waals surface area contributed by atoms with Gasteiger partial charge in [-0.25, -0.2) is 15.0 Å². The van der Waals surface area contributed by atoms with Crippen LogP contribution in [0.5, 0.6) is 0 Å². The van der Waals surface area contributed by atoms with Gasteiger partial charge in [-0.2, -0.15) is 0 Å². The first-order valence-corrected chi connectivity index (χ1v) is 24.8. The summed E-state index contributed by atoms with van der Waals surface area (Å²) in [6.45, 7) is 0. The van der Waals surface area contributed by atoms with Gasteiger partial charge in [0.25, 0.3) is 0 Å². The third-order valence-electron chi connectivity index (χ3n) is 14.5. The van der Waals surface area contributed by atoms with E-state index in [-0.39, 0.29) is 0 Å². The van der Waals surface area contributed by atoms with E-state index in [1.807, 2.05) is 12.1 Å². The van der Waals surface area contributed by atoms with Gasteiger partial charge in [0.05, 0.1) is 16.7 Å². The minimum atomic E-state index is 0.608. The highest BCUT2D eigenvalue weighted by Gasteiger charge is 2.23. The highest BCUT2D eigenvalue weighted by atomic mass is 15.0. The number of benzene rings is 12. The molecule has 0 atom stereocenters. The van der Waals surface area contributed by atoms with E-state index in [0.29, 0.717) is 17.5 Å². The molecule has 0 aliphatic rings. The molecule has 0 fully saturated rings. The molecule has 0 amide bonds. The fourth-order valence-corrected chi connectivity index (χ4v) is 10.9. The van der Waals surface area contributed by atoms with Gasteiger partial charge in [0.1, 0.15) is 0 Å². The van der Waals surface area contributed by atoms with Gasteiger partial charge in [-0.15, -0.1) is 0 Å². The monoisotopic (exact) mass is 928 g/mol. The first-order valence-electron chi connectivity index (χ1n) is 24.8. The molecule has 2 heterocycles. The largest absolute Gasteiger partial charge is 0.309 e. The summed E-state index contributed by atoms with van der Waals surface area (Å²) in [7, 11) is 0. The molecule has 0 saturated heterocycles. The number of hydrogen-bond donors (Lipinski definition) is 0. The number of rotatable bonds is 8. The molecule has 12 aromatic carbocycles. The fraction of sp³-hybridized carbons (Fsp3) is 0. The Hall–Kier alpha value is -9.77. The van der Waals surface area contributed by atoms with Crippen molar-refractivity contribution in [2.45, 2.75) is 0 Å². The van der Waals surface area contributed by atoms with Crippen molar-refractivity contribution in [2.24, 2.45) is 0 Å². The highest BCUT2D eigenvalue weighted by Crippen LogP contribution is 2.45. The van der Waals surface area contributed by atoms with Crippen molar-refractivity contribution in [1.29, 1.82) is 0 Å². The van der Waals surface area contributed by atoms with Crippen molar-refractivity contribution in [3.8, 4) is 84.4 Å². The van der Waals surface area contributed by atoms with Crippen molar-refractivity contribution in [3.05, 3.63) is 267 Å². The summed E-state index contributed by atoms with van der Waals surface area (Å²) in [5, 5.41) is 9.25. The number of aromatic nitrogens is 4. The summed E-state index contributed by atoms with van der Waals surface area (Å²) in [5.41, 5.74) is 15.4. The Bertz CT molecular complexity index is 4180. The molecule has 0 bridgehead atoms. The van der Waals surface area contributed by atoms with Gasteiger partial charge >= 0.3 is 0 Å². The van der Waals surface area contributed by atoms with E-state index in [9.17, 15) is 0 Å². The molecule has 4 nitrogen and oxygen atoms in total. The van der Waals surface area contributed by atoms with Gasteiger partial charge in [0.15, 0.2) is 17.5 Å². The Kier molecular flexibility index (Phi) is 10.1. The molecular formula is C69H44N4. The molecule has 4 heteroatoms. The van der Waals surface area contributed by atoms with E-state index in [1.165, 1.54) is 32.7 Å². The van der Waals surface area contributed by atoms with E-state index in [4.69, 9.17) is 15.0 Å². The topological polar surface area (TPSA) is 43.6 Å². The van der Waals surface area contributed by atoms with Crippen LogP contribution in [0.3, 0.4) is 0 Å². The van der Waals surface area contributed by atoms with Crippen LogP contribution >= 0.6 is 0 Å². The molecule has 14 aromatic rings. The SMILES string of the molecule is c1ccc(-c2ccc(-c3nc(-c4ccc(-c5ccccc5)cc4)nc(-c4cccc5c6ccccc6c6cccc(-n7c8cc(-c9ccccc9)ccc8c8ccc(-c9ccccc9)cc87)c6c45)n3)cc2)cc1. The second-order valence-corrected chi connectivity index (χ2v) is 18.7. The molecule has 0 unspecified atom stereocenters. The molecule has 73 heavy (non-hydrogen) atoms. The van der Waals surface area contributed by atoms with E-state index in [0.717, 1.165) is 88.3 Å². The Balaban J connectivity index is 1.06. The molecule has 2 aromatic heterocycles. The van der Waals surface area contributed by atoms with Crippen molar-refractivity contribution < 1.29 is 0 Å². The maximum Gasteiger partial charge on any atom is 0.164 e. The van der Waals surface area contributed by atoms with Crippen molar-refractivity contribution in [2.75, 3.05) is 0 Å². The van der Waals surface area contributed by atoms with Crippen LogP contribution in [-0.2, 0) is 0 Å². The zero-order valence-corrected chi connectivity index (χ0v) is 39.7. The predicted molar refractivity (Wildman–Crippen MR) is 305 cm³/mol. The quantitative estimate of drug-likeness (QED) is 0.143. The van der Waals surface area contributed by atoms with Crippen molar-refractivity contribution in [1.82, 2.24) is 19.5 Å². The molecule has 340 valence electrons. The molecule has 0 spiro atoms. The van der Waals surface area contributed by atoms with Crippen LogP contribution in [0.1, 0.15) is 0 Å². The van der Waals surface area contributed by atoms with E-state index < -0.39 is 0 Å². The molecule has 0 radical (unpaired) electrons. The van der Waals surface area contributed by atoms with Crippen LogP contribution in [0.15, 0.2) is 267 Å². The molecular weight excluding hydrogens is 885 g/mol. The lowest BCUT2D eigenvalue weighted by molar-refractivity contribution is 1.08. The minimum Gasteiger partial charge on any atom is -0.309 e. The standard InChI is InChI=1S/C69H44N4/c1-5-17-45(18-6-1)49-31-35-51(36-32-49)67-70-68(52-37-33-50(34-38-52)46-19-7-2-8-20-46)72-69(71-67)61-29-15-27-59-55-25-13-14-26-56(55)60-28-16-30-62(66(60)65(59)61)73-63-43-53(47-21-9-3-10-22-47)39-41-57(63)58-42-40-54(44-64(58)73)48-23-11-4-12-24-48/h1-44H. The lowest BCUT2D eigenvalue weighted by Gasteiger charge is -2.19. The first kappa shape index (κ1) is 42.1. The zero-order valence-electron chi connectivity index (χ0n) is 39.7. The van der Waals surface area contributed by atoms with Crippen LogP contribution in [0.4, 0.5) is 0 Å². The van der Waals surface area contributed by atoms with Crippen LogP contribution in [0.2, 0.25) is 0 Å². The Morgan fingerprint density at radius 2 is 0.562 bits per heavy atom. The smallest absolute Gasteiger partial charge is 0.164 e. The summed E-state index contributed by atoms with van der Waals surface area (Å²) >= 11 is 0. The van der Waals surface area contributed by atoms with Gasteiger partial charge in [0.2, 0.25) is 0 Å². The minimum absolute atomic E-state index is 0.608. The second-order valence-electron chi connectivity index (χ2n) is 18.7. The lowest BCUT2D eigenvalue weighted by atomic mass is 9.90. The Morgan fingerprint density at radius 1 is 0.219 bits per heavy atom. The van der Waals surface area contributed by atoms with E-state index in [2.05, 4.69) is 259 Å². The fourth-order valence-electron chi connectivity index (χ4n) is 10.9. The average molecular weight is 929 g/mol. The van der Waals surface area contributed by atoms with E-state index >= 15 is 0 Å². The normalized spacial score (nSPS) is 11.6. The van der Waals surface area contributed by atoms with Crippen LogP contribution in [-0.4, -0.2) is 19.5 Å². The van der Waals surface area contributed by atoms with Crippen molar-refractivity contribution in [3.63, 3.8) is 0 Å². The van der Waals surface area contributed by atoms with Crippen LogP contribution < -0.4 is 0 Å². The van der Waals surface area contributed by atoms with Gasteiger partial charge in [-0.3, -0.25) is 0 Å². The molecule has 0 aliphatic heterocycles. The molecule has 0 N–H and O–H groups in total. The predicted octanol–water partition coefficient (Wildman–Crippen LogP) is 18.1.